The third-order valence-corrected chi connectivity index (χ3v) is 7.25. The molecule has 0 spiro atoms. The maximum atomic E-state index is 12.7. The predicted molar refractivity (Wildman–Crippen MR) is 102 cm³/mol. The van der Waals surface area contributed by atoms with Crippen molar-refractivity contribution < 1.29 is 21.6 Å². The Labute approximate surface area is 159 Å². The van der Waals surface area contributed by atoms with Gasteiger partial charge in [0.1, 0.15) is 0 Å². The molecule has 0 amide bonds. The molecule has 2 aromatic carbocycles. The molecule has 0 heterocycles. The van der Waals surface area contributed by atoms with Crippen LogP contribution in [0.5, 0.6) is 0 Å². The SMILES string of the molecule is Cc1cc(C(F)(F)F)ccc1CCc1ccc(CS(=O)(=O)C(C)(C)C)cc1. The Kier molecular flexibility index (Phi) is 6.10. The first-order valence-electron chi connectivity index (χ1n) is 8.76. The molecule has 0 aliphatic heterocycles. The van der Waals surface area contributed by atoms with Gasteiger partial charge in [0.25, 0.3) is 0 Å². The van der Waals surface area contributed by atoms with Crippen LogP contribution < -0.4 is 0 Å². The quantitative estimate of drug-likeness (QED) is 0.665. The van der Waals surface area contributed by atoms with Crippen LogP contribution in [-0.2, 0) is 34.6 Å². The van der Waals surface area contributed by atoms with Crippen LogP contribution in [0.3, 0.4) is 0 Å². The summed E-state index contributed by atoms with van der Waals surface area (Å²) in [5.74, 6) is -0.00517. The van der Waals surface area contributed by atoms with E-state index in [1.807, 2.05) is 12.1 Å². The van der Waals surface area contributed by atoms with E-state index in [1.165, 1.54) is 12.1 Å². The molecule has 0 radical (unpaired) electrons. The van der Waals surface area contributed by atoms with Crippen LogP contribution in [0.2, 0.25) is 0 Å². The standard InChI is InChI=1S/C21H25F3O2S/c1-15-13-19(21(22,23)24)12-11-18(15)10-9-16-5-7-17(8-6-16)14-27(25,26)20(2,3)4/h5-8,11-13H,9-10,14H2,1-4H3. The number of rotatable bonds is 5. The van der Waals surface area contributed by atoms with Gasteiger partial charge >= 0.3 is 6.18 Å². The van der Waals surface area contributed by atoms with E-state index >= 15 is 0 Å². The van der Waals surface area contributed by atoms with Crippen LogP contribution >= 0.6 is 0 Å². The van der Waals surface area contributed by atoms with E-state index in [4.69, 9.17) is 0 Å². The second-order valence-electron chi connectivity index (χ2n) is 7.83. The smallest absolute Gasteiger partial charge is 0.228 e. The Balaban J connectivity index is 2.04. The fraction of sp³-hybridized carbons (Fsp3) is 0.429. The van der Waals surface area contributed by atoms with Crippen LogP contribution in [0.15, 0.2) is 42.5 Å². The van der Waals surface area contributed by atoms with Gasteiger partial charge < -0.3 is 0 Å². The highest BCUT2D eigenvalue weighted by atomic mass is 32.2. The first-order chi connectivity index (χ1) is 12.3. The predicted octanol–water partition coefficient (Wildman–Crippen LogP) is 5.51. The lowest BCUT2D eigenvalue weighted by Gasteiger charge is -2.19. The third-order valence-electron chi connectivity index (χ3n) is 4.67. The van der Waals surface area contributed by atoms with E-state index < -0.39 is 26.3 Å². The number of aryl methyl sites for hydroxylation is 3. The normalized spacial score (nSPS) is 13.0. The van der Waals surface area contributed by atoms with Gasteiger partial charge in [-0.25, -0.2) is 8.42 Å². The van der Waals surface area contributed by atoms with Crippen molar-refractivity contribution in [3.8, 4) is 0 Å². The fourth-order valence-electron chi connectivity index (χ4n) is 2.67. The molecular weight excluding hydrogens is 373 g/mol. The van der Waals surface area contributed by atoms with Gasteiger partial charge in [-0.05, 0) is 74.9 Å². The first-order valence-corrected chi connectivity index (χ1v) is 10.4. The minimum Gasteiger partial charge on any atom is -0.228 e. The van der Waals surface area contributed by atoms with E-state index in [2.05, 4.69) is 0 Å². The summed E-state index contributed by atoms with van der Waals surface area (Å²) >= 11 is 0. The lowest BCUT2D eigenvalue weighted by atomic mass is 9.98. The van der Waals surface area contributed by atoms with Crippen LogP contribution in [0.4, 0.5) is 13.2 Å². The maximum absolute atomic E-state index is 12.7. The number of alkyl halides is 3. The van der Waals surface area contributed by atoms with Gasteiger partial charge in [-0.3, -0.25) is 0 Å². The van der Waals surface area contributed by atoms with Crippen LogP contribution in [0.1, 0.15) is 48.6 Å². The summed E-state index contributed by atoms with van der Waals surface area (Å²) in [6, 6.07) is 11.2. The molecule has 0 aromatic heterocycles. The number of halogens is 3. The van der Waals surface area contributed by atoms with Gasteiger partial charge in [-0.1, -0.05) is 30.3 Å². The molecule has 0 aliphatic carbocycles. The summed E-state index contributed by atoms with van der Waals surface area (Å²) in [6.07, 6.45) is -3.02. The molecule has 0 N–H and O–H groups in total. The van der Waals surface area contributed by atoms with Gasteiger partial charge in [0.05, 0.1) is 16.1 Å². The molecule has 2 nitrogen and oxygen atoms in total. The molecule has 0 bridgehead atoms. The largest absolute Gasteiger partial charge is 0.416 e. The Hall–Kier alpha value is -1.82. The van der Waals surface area contributed by atoms with Crippen LogP contribution in [-0.4, -0.2) is 13.2 Å². The molecule has 6 heteroatoms. The highest BCUT2D eigenvalue weighted by molar-refractivity contribution is 7.91. The minimum absolute atomic E-state index is 0.00517. The van der Waals surface area contributed by atoms with Crippen molar-refractivity contribution >= 4 is 9.84 Å². The topological polar surface area (TPSA) is 34.1 Å². The molecule has 2 rings (SSSR count). The second kappa shape index (κ2) is 7.66. The maximum Gasteiger partial charge on any atom is 0.416 e. The van der Waals surface area contributed by atoms with Gasteiger partial charge in [-0.2, -0.15) is 13.2 Å². The van der Waals surface area contributed by atoms with E-state index in [0.29, 0.717) is 18.4 Å². The lowest BCUT2D eigenvalue weighted by molar-refractivity contribution is -0.137. The zero-order valence-electron chi connectivity index (χ0n) is 16.0. The van der Waals surface area contributed by atoms with Crippen LogP contribution in [0.25, 0.3) is 0 Å². The van der Waals surface area contributed by atoms with Crippen LogP contribution in [0, 0.1) is 6.92 Å². The summed E-state index contributed by atoms with van der Waals surface area (Å²) in [5, 5.41) is 0. The van der Waals surface area contributed by atoms with E-state index in [-0.39, 0.29) is 5.75 Å². The van der Waals surface area contributed by atoms with Gasteiger partial charge in [0.2, 0.25) is 0 Å². The molecular formula is C21H25F3O2S. The molecule has 0 saturated heterocycles. The Morgan fingerprint density at radius 1 is 0.852 bits per heavy atom. The number of hydrogen-bond donors (Lipinski definition) is 0. The summed E-state index contributed by atoms with van der Waals surface area (Å²) in [4.78, 5) is 0. The van der Waals surface area contributed by atoms with Crippen molar-refractivity contribution in [3.05, 3.63) is 70.3 Å². The lowest BCUT2D eigenvalue weighted by Crippen LogP contribution is -2.29. The number of benzene rings is 2. The van der Waals surface area contributed by atoms with Gasteiger partial charge in [0, 0.05) is 0 Å². The average Bonchev–Trinajstić information content (AvgIpc) is 2.53. The molecule has 0 fully saturated rings. The molecule has 148 valence electrons. The van der Waals surface area contributed by atoms with Crippen molar-refractivity contribution in [2.75, 3.05) is 0 Å². The van der Waals surface area contributed by atoms with E-state index in [0.717, 1.165) is 22.8 Å². The van der Waals surface area contributed by atoms with Crippen molar-refractivity contribution in [2.24, 2.45) is 0 Å². The molecule has 0 atom stereocenters. The molecule has 0 aliphatic rings. The fourth-order valence-corrected chi connectivity index (χ4v) is 3.73. The highest BCUT2D eigenvalue weighted by Gasteiger charge is 2.30. The van der Waals surface area contributed by atoms with E-state index in [9.17, 15) is 21.6 Å². The molecule has 0 saturated carbocycles. The van der Waals surface area contributed by atoms with Crippen molar-refractivity contribution in [1.29, 1.82) is 0 Å². The summed E-state index contributed by atoms with van der Waals surface area (Å²) in [6.45, 7) is 6.74. The average molecular weight is 398 g/mol. The number of sulfone groups is 1. The van der Waals surface area contributed by atoms with Crippen molar-refractivity contribution in [2.45, 2.75) is 57.2 Å². The zero-order chi connectivity index (χ0) is 20.5. The monoisotopic (exact) mass is 398 g/mol. The Morgan fingerprint density at radius 2 is 1.41 bits per heavy atom. The first kappa shape index (κ1) is 21.5. The van der Waals surface area contributed by atoms with Crippen molar-refractivity contribution in [3.63, 3.8) is 0 Å². The Bertz CT molecular complexity index is 891. The Morgan fingerprint density at radius 3 is 1.89 bits per heavy atom. The second-order valence-corrected chi connectivity index (χ2v) is 10.6. The van der Waals surface area contributed by atoms with E-state index in [1.54, 1.807) is 39.8 Å². The summed E-state index contributed by atoms with van der Waals surface area (Å²) < 4.78 is 62.0. The van der Waals surface area contributed by atoms with Gasteiger partial charge in [0.15, 0.2) is 9.84 Å². The zero-order valence-corrected chi connectivity index (χ0v) is 16.8. The minimum atomic E-state index is -4.33. The molecule has 27 heavy (non-hydrogen) atoms. The summed E-state index contributed by atoms with van der Waals surface area (Å²) in [7, 11) is -3.23. The third kappa shape index (κ3) is 5.58. The summed E-state index contributed by atoms with van der Waals surface area (Å²) in [5.41, 5.74) is 2.62. The van der Waals surface area contributed by atoms with Gasteiger partial charge in [-0.15, -0.1) is 0 Å². The number of hydrogen-bond acceptors (Lipinski definition) is 2. The molecule has 0 unspecified atom stereocenters. The molecule has 2 aromatic rings. The highest BCUT2D eigenvalue weighted by Crippen LogP contribution is 2.30. The van der Waals surface area contributed by atoms with Crippen molar-refractivity contribution in [1.82, 2.24) is 0 Å².